The van der Waals surface area contributed by atoms with Gasteiger partial charge in [-0.2, -0.15) is 5.26 Å². The molecule has 1 aromatic carbocycles. The summed E-state index contributed by atoms with van der Waals surface area (Å²) in [6.07, 6.45) is 0. The van der Waals surface area contributed by atoms with Gasteiger partial charge in [-0.1, -0.05) is 17.7 Å². The fraction of sp³-hybridized carbons (Fsp3) is 0.133. The van der Waals surface area contributed by atoms with Crippen molar-refractivity contribution in [1.29, 1.82) is 5.26 Å². The number of carbonyl (C=O) groups is 2. The Bertz CT molecular complexity index is 811. The Morgan fingerprint density at radius 1 is 1.35 bits per heavy atom. The molecule has 1 aromatic heterocycles. The third-order valence-electron chi connectivity index (χ3n) is 2.94. The third kappa shape index (κ3) is 3.80. The first-order chi connectivity index (χ1) is 11.0. The monoisotopic (exact) mass is 349 g/mol. The Balaban J connectivity index is 2.21. The zero-order chi connectivity index (χ0) is 17.0. The summed E-state index contributed by atoms with van der Waals surface area (Å²) >= 11 is 6.84. The van der Waals surface area contributed by atoms with Gasteiger partial charge in [0, 0.05) is 10.7 Å². The van der Waals surface area contributed by atoms with Crippen LogP contribution in [0.2, 0.25) is 5.02 Å². The molecular weight excluding hydrogens is 338 g/mol. The number of esters is 1. The van der Waals surface area contributed by atoms with Crippen LogP contribution in [0.25, 0.3) is 0 Å². The summed E-state index contributed by atoms with van der Waals surface area (Å²) in [6, 6.07) is 8.09. The van der Waals surface area contributed by atoms with Gasteiger partial charge in [-0.15, -0.1) is 11.3 Å². The van der Waals surface area contributed by atoms with Gasteiger partial charge in [-0.25, -0.2) is 9.59 Å². The number of benzene rings is 1. The van der Waals surface area contributed by atoms with Crippen molar-refractivity contribution in [2.75, 3.05) is 17.7 Å². The van der Waals surface area contributed by atoms with Crippen molar-refractivity contribution < 1.29 is 14.3 Å². The van der Waals surface area contributed by atoms with Crippen LogP contribution >= 0.6 is 22.9 Å². The zero-order valence-corrected chi connectivity index (χ0v) is 13.8. The second kappa shape index (κ2) is 7.13. The van der Waals surface area contributed by atoms with Crippen LogP contribution in [0, 0.1) is 18.3 Å². The van der Waals surface area contributed by atoms with E-state index in [0.29, 0.717) is 16.3 Å². The lowest BCUT2D eigenvalue weighted by Crippen LogP contribution is -2.19. The molecule has 0 fully saturated rings. The SMILES string of the molecule is COC(=O)c1sc(NC(=O)Nc2cccc(Cl)c2)c(C#N)c1C. The van der Waals surface area contributed by atoms with Crippen molar-refractivity contribution in [1.82, 2.24) is 0 Å². The number of methoxy groups -OCH3 is 1. The smallest absolute Gasteiger partial charge is 0.348 e. The predicted octanol–water partition coefficient (Wildman–Crippen LogP) is 4.01. The van der Waals surface area contributed by atoms with E-state index >= 15 is 0 Å². The number of nitrogens with zero attached hydrogens (tertiary/aromatic N) is 1. The molecule has 0 aliphatic rings. The molecule has 0 atom stereocenters. The minimum Gasteiger partial charge on any atom is -0.465 e. The molecule has 1 heterocycles. The van der Waals surface area contributed by atoms with Crippen molar-refractivity contribution in [3.8, 4) is 6.07 Å². The van der Waals surface area contributed by atoms with Crippen molar-refractivity contribution in [3.05, 3.63) is 45.3 Å². The molecule has 2 amide bonds. The van der Waals surface area contributed by atoms with Crippen LogP contribution in [0.1, 0.15) is 20.8 Å². The van der Waals surface area contributed by atoms with E-state index in [1.807, 2.05) is 6.07 Å². The van der Waals surface area contributed by atoms with E-state index in [0.717, 1.165) is 11.3 Å². The fourth-order valence-corrected chi connectivity index (χ4v) is 3.12. The Kier molecular flexibility index (Phi) is 5.21. The molecular formula is C15H12ClN3O3S. The number of amides is 2. The summed E-state index contributed by atoms with van der Waals surface area (Å²) in [5.41, 5.74) is 1.22. The van der Waals surface area contributed by atoms with E-state index in [-0.39, 0.29) is 15.4 Å². The number of rotatable bonds is 3. The lowest BCUT2D eigenvalue weighted by atomic mass is 10.2. The maximum absolute atomic E-state index is 12.0. The highest BCUT2D eigenvalue weighted by molar-refractivity contribution is 7.18. The number of hydrogen-bond acceptors (Lipinski definition) is 5. The highest BCUT2D eigenvalue weighted by atomic mass is 35.5. The van der Waals surface area contributed by atoms with Crippen LogP contribution in [0.5, 0.6) is 0 Å². The topological polar surface area (TPSA) is 91.2 Å². The Labute approximate surface area is 141 Å². The van der Waals surface area contributed by atoms with E-state index in [2.05, 4.69) is 15.4 Å². The quantitative estimate of drug-likeness (QED) is 0.819. The van der Waals surface area contributed by atoms with Crippen LogP contribution in [-0.4, -0.2) is 19.1 Å². The minimum absolute atomic E-state index is 0.233. The highest BCUT2D eigenvalue weighted by Crippen LogP contribution is 2.33. The molecule has 8 heteroatoms. The van der Waals surface area contributed by atoms with E-state index in [1.54, 1.807) is 31.2 Å². The average molecular weight is 350 g/mol. The maximum atomic E-state index is 12.0. The third-order valence-corrected chi connectivity index (χ3v) is 4.36. The molecule has 2 aromatic rings. The van der Waals surface area contributed by atoms with Gasteiger partial charge in [0.2, 0.25) is 0 Å². The van der Waals surface area contributed by atoms with Gasteiger partial charge in [-0.3, -0.25) is 5.32 Å². The van der Waals surface area contributed by atoms with Gasteiger partial charge in [0.1, 0.15) is 15.9 Å². The average Bonchev–Trinajstić information content (AvgIpc) is 2.82. The largest absolute Gasteiger partial charge is 0.465 e. The second-order valence-electron chi connectivity index (χ2n) is 4.45. The first-order valence-corrected chi connectivity index (χ1v) is 7.61. The van der Waals surface area contributed by atoms with E-state index in [4.69, 9.17) is 11.6 Å². The molecule has 0 spiro atoms. The van der Waals surface area contributed by atoms with Gasteiger partial charge in [0.05, 0.1) is 12.7 Å². The zero-order valence-electron chi connectivity index (χ0n) is 12.3. The molecule has 0 radical (unpaired) electrons. The van der Waals surface area contributed by atoms with Crippen LogP contribution in [0.15, 0.2) is 24.3 Å². The summed E-state index contributed by atoms with van der Waals surface area (Å²) in [4.78, 5) is 24.0. The fourth-order valence-electron chi connectivity index (χ4n) is 1.86. The molecule has 0 saturated heterocycles. The molecule has 0 aliphatic carbocycles. The number of nitriles is 1. The van der Waals surface area contributed by atoms with Crippen molar-refractivity contribution in [3.63, 3.8) is 0 Å². The van der Waals surface area contributed by atoms with Crippen LogP contribution in [0.4, 0.5) is 15.5 Å². The van der Waals surface area contributed by atoms with Crippen molar-refractivity contribution >= 4 is 45.6 Å². The second-order valence-corrected chi connectivity index (χ2v) is 5.91. The van der Waals surface area contributed by atoms with Gasteiger partial charge in [-0.05, 0) is 30.7 Å². The highest BCUT2D eigenvalue weighted by Gasteiger charge is 2.21. The van der Waals surface area contributed by atoms with E-state index in [9.17, 15) is 14.9 Å². The van der Waals surface area contributed by atoms with Crippen molar-refractivity contribution in [2.45, 2.75) is 6.92 Å². The number of nitrogens with one attached hydrogen (secondary N) is 2. The van der Waals surface area contributed by atoms with Gasteiger partial charge in [0.15, 0.2) is 0 Å². The number of ether oxygens (including phenoxy) is 1. The Morgan fingerprint density at radius 2 is 2.09 bits per heavy atom. The van der Waals surface area contributed by atoms with Gasteiger partial charge >= 0.3 is 12.0 Å². The lowest BCUT2D eigenvalue weighted by molar-refractivity contribution is 0.0605. The summed E-state index contributed by atoms with van der Waals surface area (Å²) in [5.74, 6) is -0.549. The molecule has 2 rings (SSSR count). The summed E-state index contributed by atoms with van der Waals surface area (Å²) in [6.45, 7) is 1.63. The predicted molar refractivity (Wildman–Crippen MR) is 89.2 cm³/mol. The van der Waals surface area contributed by atoms with Crippen LogP contribution < -0.4 is 10.6 Å². The Hall–Kier alpha value is -2.56. The molecule has 0 unspecified atom stereocenters. The maximum Gasteiger partial charge on any atom is 0.348 e. The lowest BCUT2D eigenvalue weighted by Gasteiger charge is -2.06. The van der Waals surface area contributed by atoms with Gasteiger partial charge < -0.3 is 10.1 Å². The van der Waals surface area contributed by atoms with Crippen LogP contribution in [0.3, 0.4) is 0 Å². The number of anilines is 2. The number of halogens is 1. The summed E-state index contributed by atoms with van der Waals surface area (Å²) in [7, 11) is 1.26. The molecule has 6 nitrogen and oxygen atoms in total. The molecule has 0 aliphatic heterocycles. The summed E-state index contributed by atoms with van der Waals surface area (Å²) in [5, 5.41) is 15.2. The molecule has 2 N–H and O–H groups in total. The van der Waals surface area contributed by atoms with E-state index < -0.39 is 12.0 Å². The number of urea groups is 1. The molecule has 0 saturated carbocycles. The number of hydrogen-bond donors (Lipinski definition) is 2. The first kappa shape index (κ1) is 16.8. The molecule has 0 bridgehead atoms. The van der Waals surface area contributed by atoms with Crippen LogP contribution in [-0.2, 0) is 4.74 Å². The van der Waals surface area contributed by atoms with E-state index in [1.165, 1.54) is 7.11 Å². The molecule has 23 heavy (non-hydrogen) atoms. The Morgan fingerprint density at radius 3 is 2.70 bits per heavy atom. The number of carbonyl (C=O) groups excluding carboxylic acids is 2. The number of thiophene rings is 1. The summed E-state index contributed by atoms with van der Waals surface area (Å²) < 4.78 is 4.66. The first-order valence-electron chi connectivity index (χ1n) is 6.41. The minimum atomic E-state index is -0.549. The molecule has 118 valence electrons. The van der Waals surface area contributed by atoms with Gasteiger partial charge in [0.25, 0.3) is 0 Å². The van der Waals surface area contributed by atoms with Crippen molar-refractivity contribution in [2.24, 2.45) is 0 Å². The standard InChI is InChI=1S/C15H12ClN3O3S/c1-8-11(7-17)13(23-12(8)14(20)22-2)19-15(21)18-10-5-3-4-9(16)6-10/h3-6H,1-2H3,(H2,18,19,21). The normalized spacial score (nSPS) is 9.83.